The quantitative estimate of drug-likeness (QED) is 0.147. The molecule has 0 radical (unpaired) electrons. The summed E-state index contributed by atoms with van der Waals surface area (Å²) in [5.41, 5.74) is 2.23. The van der Waals surface area contributed by atoms with Gasteiger partial charge in [-0.05, 0) is 61.6 Å². The van der Waals surface area contributed by atoms with Gasteiger partial charge in [0, 0.05) is 34.8 Å². The molecule has 49 heavy (non-hydrogen) atoms. The molecule has 0 aliphatic heterocycles. The zero-order valence-corrected chi connectivity index (χ0v) is 28.5. The number of ether oxygens (including phenoxy) is 2. The van der Waals surface area contributed by atoms with Gasteiger partial charge in [-0.25, -0.2) is 9.97 Å². The van der Waals surface area contributed by atoms with E-state index in [1.165, 1.54) is 48.9 Å². The third-order valence-electron chi connectivity index (χ3n) is 7.09. The van der Waals surface area contributed by atoms with E-state index < -0.39 is 48.1 Å². The third-order valence-corrected chi connectivity index (χ3v) is 8.60. The van der Waals surface area contributed by atoms with Crippen LogP contribution in [-0.2, 0) is 21.4 Å². The first-order valence-corrected chi connectivity index (χ1v) is 16.1. The van der Waals surface area contributed by atoms with E-state index in [0.29, 0.717) is 33.0 Å². The highest BCUT2D eigenvalue weighted by Gasteiger charge is 2.33. The molecule has 2 atom stereocenters. The second-order valence-corrected chi connectivity index (χ2v) is 13.7. The zero-order valence-electron chi connectivity index (χ0n) is 27.7. The van der Waals surface area contributed by atoms with E-state index in [1.807, 2.05) is 26.8 Å². The number of benzene rings is 2. The average Bonchev–Trinajstić information content (AvgIpc) is 3.53. The van der Waals surface area contributed by atoms with Crippen LogP contribution in [0.3, 0.4) is 0 Å². The predicted octanol–water partition coefficient (Wildman–Crippen LogP) is 6.79. The molecule has 0 spiro atoms. The van der Waals surface area contributed by atoms with Gasteiger partial charge in [-0.3, -0.25) is 14.4 Å². The summed E-state index contributed by atoms with van der Waals surface area (Å²) >= 11 is 1.33. The number of carbonyl (C=O) groups is 3. The van der Waals surface area contributed by atoms with E-state index in [4.69, 9.17) is 4.74 Å². The van der Waals surface area contributed by atoms with Gasteiger partial charge in [0.1, 0.15) is 12.1 Å². The lowest BCUT2D eigenvalue weighted by molar-refractivity contribution is -0.275. The van der Waals surface area contributed by atoms with Crippen molar-refractivity contribution >= 4 is 29.1 Å². The summed E-state index contributed by atoms with van der Waals surface area (Å²) in [5.74, 6) is -2.46. The van der Waals surface area contributed by atoms with Crippen molar-refractivity contribution < 1.29 is 42.1 Å². The van der Waals surface area contributed by atoms with Crippen LogP contribution in [0.25, 0.3) is 22.5 Å². The molecule has 3 N–H and O–H groups in total. The van der Waals surface area contributed by atoms with Crippen LogP contribution in [0.2, 0.25) is 0 Å². The van der Waals surface area contributed by atoms with Crippen LogP contribution in [0.4, 0.5) is 13.2 Å². The topological polar surface area (TPSA) is 140 Å². The summed E-state index contributed by atoms with van der Waals surface area (Å²) in [6.07, 6.45) is -2.13. The van der Waals surface area contributed by atoms with Crippen LogP contribution in [-0.4, -0.2) is 57.4 Å². The minimum absolute atomic E-state index is 0.0740. The molecular weight excluding hydrogens is 661 g/mol. The second kappa shape index (κ2) is 15.1. The fraction of sp³-hybridized carbons (Fsp3) is 0.343. The number of carbonyl (C=O) groups excluding carboxylic acids is 2. The van der Waals surface area contributed by atoms with Crippen LogP contribution in [0.15, 0.2) is 67.0 Å². The molecule has 260 valence electrons. The number of thiophene rings is 1. The van der Waals surface area contributed by atoms with Crippen LogP contribution in [0.1, 0.15) is 61.7 Å². The van der Waals surface area contributed by atoms with Crippen LogP contribution >= 0.6 is 11.3 Å². The molecule has 10 nitrogen and oxygen atoms in total. The number of carboxylic acid groups (broad SMARTS) is 1. The Labute approximate surface area is 285 Å². The molecule has 2 heterocycles. The molecule has 0 aliphatic rings. The number of nitrogens with one attached hydrogen (secondary N) is 2. The van der Waals surface area contributed by atoms with Crippen molar-refractivity contribution in [1.82, 2.24) is 20.6 Å². The first-order chi connectivity index (χ1) is 22.9. The lowest BCUT2D eigenvalue weighted by atomic mass is 9.95. The fourth-order valence-electron chi connectivity index (χ4n) is 4.57. The number of aromatic nitrogens is 2. The van der Waals surface area contributed by atoms with Crippen LogP contribution in [0.5, 0.6) is 11.5 Å². The average molecular weight is 699 g/mol. The molecule has 4 rings (SSSR count). The number of aliphatic carboxylic acids is 1. The molecule has 0 fully saturated rings. The summed E-state index contributed by atoms with van der Waals surface area (Å²) in [4.78, 5) is 47.9. The largest absolute Gasteiger partial charge is 0.573 e. The minimum Gasteiger partial charge on any atom is -0.487 e. The first kappa shape index (κ1) is 36.8. The lowest BCUT2D eigenvalue weighted by Gasteiger charge is -2.20. The number of hydrogen-bond acceptors (Lipinski definition) is 8. The highest BCUT2D eigenvalue weighted by molar-refractivity contribution is 7.14. The Morgan fingerprint density at radius 1 is 0.857 bits per heavy atom. The zero-order chi connectivity index (χ0) is 36.1. The van der Waals surface area contributed by atoms with Gasteiger partial charge in [0.05, 0.1) is 11.0 Å². The summed E-state index contributed by atoms with van der Waals surface area (Å²) < 4.78 is 48.3. The van der Waals surface area contributed by atoms with Gasteiger partial charge in [-0.15, -0.1) is 24.5 Å². The van der Waals surface area contributed by atoms with E-state index in [0.717, 1.165) is 4.88 Å². The summed E-state index contributed by atoms with van der Waals surface area (Å²) in [6, 6.07) is 12.4. The molecule has 2 unspecified atom stereocenters. The molecule has 2 aromatic carbocycles. The molecule has 0 saturated carbocycles. The van der Waals surface area contributed by atoms with Crippen LogP contribution in [0, 0.1) is 0 Å². The maximum Gasteiger partial charge on any atom is 0.573 e. The molecule has 0 bridgehead atoms. The van der Waals surface area contributed by atoms with Crippen molar-refractivity contribution in [3.63, 3.8) is 0 Å². The van der Waals surface area contributed by atoms with Crippen molar-refractivity contribution in [3.8, 4) is 34.0 Å². The van der Waals surface area contributed by atoms with Gasteiger partial charge >= 0.3 is 12.3 Å². The summed E-state index contributed by atoms with van der Waals surface area (Å²) in [6.45, 7) is 10.8. The van der Waals surface area contributed by atoms with Crippen LogP contribution < -0.4 is 20.1 Å². The molecular formula is C35H37F3N4O6S. The first-order valence-electron chi connectivity index (χ1n) is 15.3. The Balaban J connectivity index is 1.51. The van der Waals surface area contributed by atoms with E-state index in [9.17, 15) is 32.7 Å². The number of halogens is 3. The van der Waals surface area contributed by atoms with Crippen molar-refractivity contribution in [3.05, 3.63) is 82.3 Å². The summed E-state index contributed by atoms with van der Waals surface area (Å²) in [5, 5.41) is 14.5. The van der Waals surface area contributed by atoms with Gasteiger partial charge in [0.25, 0.3) is 5.91 Å². The Morgan fingerprint density at radius 3 is 2.04 bits per heavy atom. The number of nitrogens with zero attached hydrogens (tertiary/aromatic N) is 2. The maximum absolute atomic E-state index is 13.1. The SMILES string of the molecule is CC(C)Oc1cc(-c2cnc(-c3ccc(CC(NC(=O)c4ccc(C(C)(C)C)s4)C(=O)NC(C)C(=O)O)cc3)nc2)ccc1OC(F)(F)F. The highest BCUT2D eigenvalue weighted by atomic mass is 32.1. The molecule has 14 heteroatoms. The molecule has 2 aromatic heterocycles. The van der Waals surface area contributed by atoms with E-state index >= 15 is 0 Å². The second-order valence-electron chi connectivity index (χ2n) is 12.6. The van der Waals surface area contributed by atoms with Gasteiger partial charge in [0.2, 0.25) is 5.91 Å². The Hall–Kier alpha value is -4.98. The van der Waals surface area contributed by atoms with E-state index in [1.54, 1.807) is 44.2 Å². The normalized spacial score (nSPS) is 13.0. The monoisotopic (exact) mass is 698 g/mol. The highest BCUT2D eigenvalue weighted by Crippen LogP contribution is 2.36. The van der Waals surface area contributed by atoms with Gasteiger partial charge < -0.3 is 25.2 Å². The third kappa shape index (κ3) is 10.3. The van der Waals surface area contributed by atoms with E-state index in [2.05, 4.69) is 25.3 Å². The lowest BCUT2D eigenvalue weighted by Crippen LogP contribution is -2.51. The molecule has 2 amide bonds. The van der Waals surface area contributed by atoms with Crippen molar-refractivity contribution in [2.24, 2.45) is 0 Å². The number of rotatable bonds is 12. The Morgan fingerprint density at radius 2 is 1.49 bits per heavy atom. The van der Waals surface area contributed by atoms with Gasteiger partial charge in [-0.1, -0.05) is 51.1 Å². The number of hydrogen-bond donors (Lipinski definition) is 3. The summed E-state index contributed by atoms with van der Waals surface area (Å²) in [7, 11) is 0. The van der Waals surface area contributed by atoms with Crippen molar-refractivity contribution in [1.29, 1.82) is 0 Å². The fourth-order valence-corrected chi connectivity index (χ4v) is 5.54. The van der Waals surface area contributed by atoms with Gasteiger partial charge in [0.15, 0.2) is 17.3 Å². The van der Waals surface area contributed by atoms with Gasteiger partial charge in [-0.2, -0.15) is 0 Å². The van der Waals surface area contributed by atoms with Crippen molar-refractivity contribution in [2.75, 3.05) is 0 Å². The molecule has 4 aromatic rings. The van der Waals surface area contributed by atoms with E-state index in [-0.39, 0.29) is 17.6 Å². The molecule has 0 saturated heterocycles. The minimum atomic E-state index is -4.88. The number of amides is 2. The predicted molar refractivity (Wildman–Crippen MR) is 179 cm³/mol. The van der Waals surface area contributed by atoms with Crippen molar-refractivity contribution in [2.45, 2.75) is 77.9 Å². The standard InChI is InChI=1S/C35H37F3N4O6S/c1-19(2)47-27-16-23(11-12-26(27)48-35(36,37)38)24-17-39-30(40-18-24)22-9-7-21(8-10-22)15-25(31(43)41-20(3)33(45)46)42-32(44)28-13-14-29(49-28)34(4,5)6/h7-14,16-20,25H,15H2,1-6H3,(H,41,43)(H,42,44)(H,45,46). The maximum atomic E-state index is 13.1. The number of carboxylic acids is 1. The Bertz CT molecular complexity index is 1780. The number of alkyl halides is 3. The molecule has 0 aliphatic carbocycles. The Kier molecular flexibility index (Phi) is 11.3. The smallest absolute Gasteiger partial charge is 0.487 e.